The minimum atomic E-state index is 0.258. The van der Waals surface area contributed by atoms with Crippen molar-refractivity contribution in [2.75, 3.05) is 26.8 Å². The predicted molar refractivity (Wildman–Crippen MR) is 112 cm³/mol. The molecule has 0 heterocycles. The van der Waals surface area contributed by atoms with Crippen molar-refractivity contribution < 1.29 is 18.9 Å². The van der Waals surface area contributed by atoms with E-state index in [4.69, 9.17) is 18.9 Å². The third-order valence-corrected chi connectivity index (χ3v) is 8.35. The minimum Gasteiger partial charge on any atom is -0.465 e. The number of rotatable bonds is 8. The zero-order chi connectivity index (χ0) is 15.1. The summed E-state index contributed by atoms with van der Waals surface area (Å²) in [5.74, 6) is 1.69. The lowest BCUT2D eigenvalue weighted by molar-refractivity contribution is 0.0182. The number of hydrogen-bond acceptors (Lipinski definition) is 4. The van der Waals surface area contributed by atoms with E-state index in [2.05, 4.69) is 90.4 Å². The van der Waals surface area contributed by atoms with Crippen LogP contribution in [0.1, 0.15) is 13.8 Å². The largest absolute Gasteiger partial charge is 0.465 e. The Morgan fingerprint density at radius 1 is 0.650 bits per heavy atom. The van der Waals surface area contributed by atoms with E-state index in [0.29, 0.717) is 13.2 Å². The van der Waals surface area contributed by atoms with E-state index in [1.54, 1.807) is 0 Å². The monoisotopic (exact) mass is 730 g/mol. The first-order valence-corrected chi connectivity index (χ1v) is 10.1. The van der Waals surface area contributed by atoms with Gasteiger partial charge in [-0.3, -0.25) is 0 Å². The highest BCUT2D eigenvalue weighted by atomic mass is 127. The van der Waals surface area contributed by atoms with Gasteiger partial charge in [0, 0.05) is 13.2 Å². The van der Waals surface area contributed by atoms with Crippen LogP contribution in [0.15, 0.2) is 0 Å². The zero-order valence-corrected chi connectivity index (χ0v) is 19.6. The van der Waals surface area contributed by atoms with Crippen molar-refractivity contribution in [3.8, 4) is 11.5 Å². The molecule has 0 aliphatic heterocycles. The summed E-state index contributed by atoms with van der Waals surface area (Å²) in [6, 6.07) is 0. The molecular weight excluding hydrogens is 716 g/mol. The van der Waals surface area contributed by atoms with E-state index in [0.717, 1.165) is 25.8 Å². The van der Waals surface area contributed by atoms with Crippen molar-refractivity contribution in [3.05, 3.63) is 14.3 Å². The minimum absolute atomic E-state index is 0.258. The lowest BCUT2D eigenvalue weighted by Gasteiger charge is -2.17. The van der Waals surface area contributed by atoms with E-state index in [-0.39, 0.29) is 13.6 Å². The van der Waals surface area contributed by atoms with E-state index in [1.165, 1.54) is 0 Å². The van der Waals surface area contributed by atoms with Gasteiger partial charge in [0.05, 0.1) is 14.3 Å². The maximum absolute atomic E-state index is 5.72. The molecule has 0 amide bonds. The SMILES string of the molecule is CCOCOc1c(I)c(I)c(OCOCC)c(I)c1I. The second-order valence-corrected chi connectivity index (χ2v) is 7.74. The highest BCUT2D eigenvalue weighted by Crippen LogP contribution is 2.41. The molecule has 0 saturated carbocycles. The molecule has 8 heteroatoms. The number of halogens is 4. The van der Waals surface area contributed by atoms with Crippen molar-refractivity contribution in [1.29, 1.82) is 0 Å². The molecule has 0 aliphatic carbocycles. The van der Waals surface area contributed by atoms with E-state index < -0.39 is 0 Å². The average Bonchev–Trinajstić information content (AvgIpc) is 2.44. The van der Waals surface area contributed by atoms with Crippen molar-refractivity contribution in [3.63, 3.8) is 0 Å². The summed E-state index contributed by atoms with van der Waals surface area (Å²) in [5, 5.41) is 0. The first kappa shape index (κ1) is 19.7. The Balaban J connectivity index is 3.00. The molecule has 1 rings (SSSR count). The third kappa shape index (κ3) is 5.38. The molecule has 0 unspecified atom stereocenters. The molecular formula is C12H14I4O4. The van der Waals surface area contributed by atoms with Crippen LogP contribution in [0.4, 0.5) is 0 Å². The first-order valence-electron chi connectivity index (χ1n) is 5.81. The number of hydrogen-bond donors (Lipinski definition) is 0. The van der Waals surface area contributed by atoms with Gasteiger partial charge in [-0.2, -0.15) is 0 Å². The van der Waals surface area contributed by atoms with Crippen LogP contribution in [0, 0.1) is 14.3 Å². The van der Waals surface area contributed by atoms with Gasteiger partial charge in [0.2, 0.25) is 0 Å². The van der Waals surface area contributed by atoms with Gasteiger partial charge < -0.3 is 18.9 Å². The molecule has 20 heavy (non-hydrogen) atoms. The quantitative estimate of drug-likeness (QED) is 0.166. The van der Waals surface area contributed by atoms with Gasteiger partial charge in [0.15, 0.2) is 25.1 Å². The Bertz CT molecular complexity index is 384. The van der Waals surface area contributed by atoms with Gasteiger partial charge in [0.1, 0.15) is 0 Å². The summed E-state index contributed by atoms with van der Waals surface area (Å²) in [5.41, 5.74) is 0. The van der Waals surface area contributed by atoms with Crippen molar-refractivity contribution in [2.24, 2.45) is 0 Å². The molecule has 4 nitrogen and oxygen atoms in total. The summed E-state index contributed by atoms with van der Waals surface area (Å²) in [6.45, 7) is 5.67. The summed E-state index contributed by atoms with van der Waals surface area (Å²) < 4.78 is 26.0. The van der Waals surface area contributed by atoms with Crippen LogP contribution in [-0.2, 0) is 9.47 Å². The number of ether oxygens (including phenoxy) is 4. The van der Waals surface area contributed by atoms with Crippen LogP contribution in [0.25, 0.3) is 0 Å². The maximum atomic E-state index is 5.72. The molecule has 0 aromatic heterocycles. The van der Waals surface area contributed by atoms with Crippen LogP contribution < -0.4 is 9.47 Å². The lowest BCUT2D eigenvalue weighted by atomic mass is 10.3. The van der Waals surface area contributed by atoms with E-state index >= 15 is 0 Å². The maximum Gasteiger partial charge on any atom is 0.189 e. The number of benzene rings is 1. The van der Waals surface area contributed by atoms with Crippen LogP contribution in [0.2, 0.25) is 0 Å². The summed E-state index contributed by atoms with van der Waals surface area (Å²) in [7, 11) is 0. The predicted octanol–water partition coefficient (Wildman–Crippen LogP) is 4.85. The Hall–Kier alpha value is 1.66. The molecule has 0 bridgehead atoms. The highest BCUT2D eigenvalue weighted by molar-refractivity contribution is 14.1. The molecule has 1 aromatic rings. The smallest absolute Gasteiger partial charge is 0.189 e. The van der Waals surface area contributed by atoms with Crippen LogP contribution in [0.5, 0.6) is 11.5 Å². The summed E-state index contributed by atoms with van der Waals surface area (Å²) in [4.78, 5) is 0. The topological polar surface area (TPSA) is 36.9 Å². The van der Waals surface area contributed by atoms with Gasteiger partial charge in [0.25, 0.3) is 0 Å². The van der Waals surface area contributed by atoms with Gasteiger partial charge in [-0.25, -0.2) is 0 Å². The Kier molecular flexibility index (Phi) is 10.3. The molecule has 114 valence electrons. The molecule has 1 aromatic carbocycles. The summed E-state index contributed by atoms with van der Waals surface area (Å²) >= 11 is 9.07. The van der Waals surface area contributed by atoms with Crippen LogP contribution >= 0.6 is 90.4 Å². The molecule has 0 radical (unpaired) electrons. The van der Waals surface area contributed by atoms with Crippen molar-refractivity contribution in [1.82, 2.24) is 0 Å². The van der Waals surface area contributed by atoms with Gasteiger partial charge in [-0.1, -0.05) is 0 Å². The molecule has 0 spiro atoms. The summed E-state index contributed by atoms with van der Waals surface area (Å²) in [6.07, 6.45) is 0. The molecule has 0 fully saturated rings. The Morgan fingerprint density at radius 2 is 0.950 bits per heavy atom. The van der Waals surface area contributed by atoms with Gasteiger partial charge in [-0.15, -0.1) is 0 Å². The normalized spacial score (nSPS) is 10.7. The fourth-order valence-corrected chi connectivity index (χ4v) is 4.93. The average molecular weight is 730 g/mol. The zero-order valence-electron chi connectivity index (χ0n) is 11.0. The molecule has 0 atom stereocenters. The highest BCUT2D eigenvalue weighted by Gasteiger charge is 2.21. The third-order valence-electron chi connectivity index (χ3n) is 2.16. The Labute approximate surface area is 173 Å². The fraction of sp³-hybridized carbons (Fsp3) is 0.500. The van der Waals surface area contributed by atoms with E-state index in [9.17, 15) is 0 Å². The molecule has 0 saturated heterocycles. The Morgan fingerprint density at radius 3 is 1.20 bits per heavy atom. The lowest BCUT2D eigenvalue weighted by Crippen LogP contribution is -2.10. The van der Waals surface area contributed by atoms with Gasteiger partial charge >= 0.3 is 0 Å². The van der Waals surface area contributed by atoms with Crippen molar-refractivity contribution in [2.45, 2.75) is 13.8 Å². The second-order valence-electron chi connectivity index (χ2n) is 3.42. The van der Waals surface area contributed by atoms with Crippen LogP contribution in [0.3, 0.4) is 0 Å². The van der Waals surface area contributed by atoms with Crippen LogP contribution in [-0.4, -0.2) is 26.8 Å². The first-order chi connectivity index (χ1) is 9.54. The van der Waals surface area contributed by atoms with Crippen molar-refractivity contribution >= 4 is 90.4 Å². The van der Waals surface area contributed by atoms with Gasteiger partial charge in [-0.05, 0) is 104 Å². The van der Waals surface area contributed by atoms with E-state index in [1.807, 2.05) is 13.8 Å². The molecule has 0 aliphatic rings. The molecule has 0 N–H and O–H groups in total. The standard InChI is InChI=1S/C12H14I4O4/c1-3-17-5-19-11-7(13)9(15)12(10(16)8(11)14)20-6-18-4-2/h3-6H2,1-2H3. The second kappa shape index (κ2) is 10.4. The fourth-order valence-electron chi connectivity index (χ4n) is 1.21.